The van der Waals surface area contributed by atoms with Gasteiger partial charge in [-0.05, 0) is 24.5 Å². The van der Waals surface area contributed by atoms with Crippen molar-refractivity contribution in [3.8, 4) is 0 Å². The molecule has 0 radical (unpaired) electrons. The van der Waals surface area contributed by atoms with Gasteiger partial charge in [0.05, 0.1) is 13.2 Å². The number of rotatable bonds is 5. The molecular weight excluding hydrogens is 334 g/mol. The molecule has 0 bridgehead atoms. The summed E-state index contributed by atoms with van der Waals surface area (Å²) in [5.74, 6) is -0.315. The molecule has 7 nitrogen and oxygen atoms in total. The minimum atomic E-state index is -0.512. The van der Waals surface area contributed by atoms with Crippen molar-refractivity contribution in [1.82, 2.24) is 15.2 Å². The number of piperidine rings is 1. The van der Waals surface area contributed by atoms with Gasteiger partial charge in [-0.1, -0.05) is 13.8 Å². The average Bonchev–Trinajstić information content (AvgIpc) is 3.09. The normalized spacial score (nSPS) is 19.1. The molecule has 3 heterocycles. The van der Waals surface area contributed by atoms with Crippen LogP contribution < -0.4 is 5.32 Å². The fourth-order valence-corrected chi connectivity index (χ4v) is 3.26. The predicted molar refractivity (Wildman–Crippen MR) is 95.8 cm³/mol. The highest BCUT2D eigenvalue weighted by Crippen LogP contribution is 2.31. The molecule has 3 rings (SSSR count). The summed E-state index contributed by atoms with van der Waals surface area (Å²) in [5.41, 5.74) is 0.758. The van der Waals surface area contributed by atoms with E-state index in [0.717, 1.165) is 6.42 Å². The second-order valence-corrected chi connectivity index (χ2v) is 7.27. The van der Waals surface area contributed by atoms with Crippen LogP contribution in [0.3, 0.4) is 0 Å². The number of amides is 2. The Hall–Kier alpha value is -1.99. The molecule has 1 spiro atoms. The van der Waals surface area contributed by atoms with Crippen molar-refractivity contribution in [2.24, 2.45) is 5.92 Å². The van der Waals surface area contributed by atoms with Gasteiger partial charge in [0.2, 0.25) is 0 Å². The zero-order chi connectivity index (χ0) is 18.6. The van der Waals surface area contributed by atoms with Crippen LogP contribution in [0.25, 0.3) is 0 Å². The van der Waals surface area contributed by atoms with Gasteiger partial charge in [-0.2, -0.15) is 0 Å². The van der Waals surface area contributed by atoms with Crippen LogP contribution in [0.15, 0.2) is 18.3 Å². The summed E-state index contributed by atoms with van der Waals surface area (Å²) in [4.78, 5) is 30.9. The lowest BCUT2D eigenvalue weighted by Crippen LogP contribution is -2.47. The second kappa shape index (κ2) is 8.14. The molecular formula is C19H27N3O4. The molecule has 7 heteroatoms. The third kappa shape index (κ3) is 4.40. The first-order chi connectivity index (χ1) is 12.5. The van der Waals surface area contributed by atoms with E-state index < -0.39 is 5.79 Å². The van der Waals surface area contributed by atoms with Gasteiger partial charge in [0, 0.05) is 44.2 Å². The average molecular weight is 361 g/mol. The monoisotopic (exact) mass is 361 g/mol. The van der Waals surface area contributed by atoms with E-state index in [1.165, 1.54) is 6.20 Å². The molecule has 2 fully saturated rings. The smallest absolute Gasteiger partial charge is 0.272 e. The highest BCUT2D eigenvalue weighted by molar-refractivity contribution is 5.98. The number of aromatic nitrogens is 1. The molecule has 2 saturated heterocycles. The molecule has 1 aromatic heterocycles. The Labute approximate surface area is 154 Å². The van der Waals surface area contributed by atoms with E-state index in [1.807, 2.05) is 0 Å². The molecule has 2 amide bonds. The highest BCUT2D eigenvalue weighted by Gasteiger charge is 2.41. The lowest BCUT2D eigenvalue weighted by molar-refractivity contribution is -0.181. The number of hydrogen-bond donors (Lipinski definition) is 1. The van der Waals surface area contributed by atoms with E-state index in [2.05, 4.69) is 24.1 Å². The minimum absolute atomic E-state index is 0.158. The minimum Gasteiger partial charge on any atom is -0.352 e. The van der Waals surface area contributed by atoms with Crippen LogP contribution in [-0.2, 0) is 9.47 Å². The fourth-order valence-electron chi connectivity index (χ4n) is 3.26. The maximum atomic E-state index is 12.7. The van der Waals surface area contributed by atoms with E-state index in [0.29, 0.717) is 62.9 Å². The Morgan fingerprint density at radius 1 is 1.27 bits per heavy atom. The summed E-state index contributed by atoms with van der Waals surface area (Å²) in [6.45, 7) is 7.19. The number of carbonyl (C=O) groups excluding carboxylic acids is 2. The predicted octanol–water partition coefficient (Wildman–Crippen LogP) is 1.84. The van der Waals surface area contributed by atoms with Gasteiger partial charge >= 0.3 is 0 Å². The summed E-state index contributed by atoms with van der Waals surface area (Å²) in [6, 6.07) is 3.20. The maximum absolute atomic E-state index is 12.7. The summed E-state index contributed by atoms with van der Waals surface area (Å²) in [5, 5.41) is 2.88. The Morgan fingerprint density at radius 3 is 2.62 bits per heavy atom. The first-order valence-electron chi connectivity index (χ1n) is 9.30. The Bertz CT molecular complexity index is 646. The lowest BCUT2D eigenvalue weighted by atomic mass is 10.0. The largest absolute Gasteiger partial charge is 0.352 e. The van der Waals surface area contributed by atoms with Crippen molar-refractivity contribution in [3.63, 3.8) is 0 Å². The molecule has 0 aliphatic carbocycles. The van der Waals surface area contributed by atoms with Crippen molar-refractivity contribution in [2.75, 3.05) is 32.8 Å². The van der Waals surface area contributed by atoms with Crippen molar-refractivity contribution < 1.29 is 19.1 Å². The van der Waals surface area contributed by atoms with Gasteiger partial charge < -0.3 is 19.7 Å². The summed E-state index contributed by atoms with van der Waals surface area (Å²) < 4.78 is 11.4. The highest BCUT2D eigenvalue weighted by atomic mass is 16.7. The number of pyridine rings is 1. The molecule has 0 atom stereocenters. The fraction of sp³-hybridized carbons (Fsp3) is 0.632. The van der Waals surface area contributed by atoms with E-state index in [4.69, 9.17) is 9.47 Å². The molecule has 142 valence electrons. The molecule has 0 aromatic carbocycles. The van der Waals surface area contributed by atoms with Crippen molar-refractivity contribution in [2.45, 2.75) is 38.9 Å². The first-order valence-corrected chi connectivity index (χ1v) is 9.30. The molecule has 2 aliphatic heterocycles. The SMILES string of the molecule is CC(C)CCNC(=O)c1ccnc(C(=O)N2CCC3(CC2)OCCO3)c1. The first kappa shape index (κ1) is 18.8. The molecule has 26 heavy (non-hydrogen) atoms. The summed E-state index contributed by atoms with van der Waals surface area (Å²) in [7, 11) is 0. The Morgan fingerprint density at radius 2 is 1.96 bits per heavy atom. The summed E-state index contributed by atoms with van der Waals surface area (Å²) >= 11 is 0. The van der Waals surface area contributed by atoms with Crippen LogP contribution in [0.5, 0.6) is 0 Å². The topological polar surface area (TPSA) is 80.8 Å². The van der Waals surface area contributed by atoms with Crippen molar-refractivity contribution >= 4 is 11.8 Å². The van der Waals surface area contributed by atoms with Crippen LogP contribution in [0.4, 0.5) is 0 Å². The van der Waals surface area contributed by atoms with Crippen LogP contribution >= 0.6 is 0 Å². The van der Waals surface area contributed by atoms with Gasteiger partial charge in [-0.25, -0.2) is 0 Å². The Kier molecular flexibility index (Phi) is 5.88. The standard InChI is InChI=1S/C19H27N3O4/c1-14(2)3-7-21-17(23)15-4-8-20-16(13-15)18(24)22-9-5-19(6-10-22)25-11-12-26-19/h4,8,13-14H,3,5-7,9-12H2,1-2H3,(H,21,23). The van der Waals surface area contributed by atoms with Crippen molar-refractivity contribution in [3.05, 3.63) is 29.6 Å². The van der Waals surface area contributed by atoms with E-state index in [9.17, 15) is 9.59 Å². The van der Waals surface area contributed by atoms with Crippen LogP contribution in [0.2, 0.25) is 0 Å². The van der Waals surface area contributed by atoms with Gasteiger partial charge in [-0.3, -0.25) is 14.6 Å². The van der Waals surface area contributed by atoms with E-state index in [-0.39, 0.29) is 11.8 Å². The summed E-state index contributed by atoms with van der Waals surface area (Å²) in [6.07, 6.45) is 3.75. The third-order valence-corrected chi connectivity index (χ3v) is 4.87. The maximum Gasteiger partial charge on any atom is 0.272 e. The number of hydrogen-bond acceptors (Lipinski definition) is 5. The third-order valence-electron chi connectivity index (χ3n) is 4.87. The number of ether oxygens (including phenoxy) is 2. The van der Waals surface area contributed by atoms with Gasteiger partial charge in [0.25, 0.3) is 11.8 Å². The van der Waals surface area contributed by atoms with E-state index >= 15 is 0 Å². The van der Waals surface area contributed by atoms with Crippen LogP contribution in [0, 0.1) is 5.92 Å². The van der Waals surface area contributed by atoms with Gasteiger partial charge in [-0.15, -0.1) is 0 Å². The molecule has 1 N–H and O–H groups in total. The number of nitrogens with one attached hydrogen (secondary N) is 1. The quantitative estimate of drug-likeness (QED) is 0.865. The molecule has 0 unspecified atom stereocenters. The zero-order valence-corrected chi connectivity index (χ0v) is 15.5. The molecule has 1 aromatic rings. The number of likely N-dealkylation sites (tertiary alicyclic amines) is 1. The number of carbonyl (C=O) groups is 2. The van der Waals surface area contributed by atoms with E-state index in [1.54, 1.807) is 17.0 Å². The van der Waals surface area contributed by atoms with Gasteiger partial charge in [0.15, 0.2) is 5.79 Å². The Balaban J connectivity index is 1.59. The molecule has 2 aliphatic rings. The van der Waals surface area contributed by atoms with Crippen molar-refractivity contribution in [1.29, 1.82) is 0 Å². The second-order valence-electron chi connectivity index (χ2n) is 7.27. The zero-order valence-electron chi connectivity index (χ0n) is 15.5. The van der Waals surface area contributed by atoms with Crippen LogP contribution in [0.1, 0.15) is 54.0 Å². The lowest BCUT2D eigenvalue weighted by Gasteiger charge is -2.37. The molecule has 0 saturated carbocycles. The van der Waals surface area contributed by atoms with Crippen LogP contribution in [-0.4, -0.2) is 60.3 Å². The van der Waals surface area contributed by atoms with Gasteiger partial charge in [0.1, 0.15) is 5.69 Å². The number of nitrogens with zero attached hydrogens (tertiary/aromatic N) is 2.